The third-order valence-corrected chi connectivity index (χ3v) is 3.16. The van der Waals surface area contributed by atoms with Crippen LogP contribution in [0.2, 0.25) is 0 Å². The number of carbonyl (C=O) groups excluding carboxylic acids is 1. The van der Waals surface area contributed by atoms with Gasteiger partial charge >= 0.3 is 0 Å². The lowest BCUT2D eigenvalue weighted by Gasteiger charge is -2.12. The Hall–Kier alpha value is -0.590. The third kappa shape index (κ3) is 5.15. The molecule has 1 nitrogen and oxygen atoms in total. The average Bonchev–Trinajstić information content (AvgIpc) is 2.25. The molecule has 1 fully saturated rings. The zero-order valence-electron chi connectivity index (χ0n) is 10.1. The molecule has 1 saturated carbocycles. The molecular weight excluding hydrogens is 184 g/mol. The van der Waals surface area contributed by atoms with Gasteiger partial charge in [0.05, 0.1) is 0 Å². The van der Waals surface area contributed by atoms with Gasteiger partial charge in [0.15, 0.2) is 5.78 Å². The lowest BCUT2D eigenvalue weighted by molar-refractivity contribution is -0.116. The Labute approximate surface area is 93.9 Å². The van der Waals surface area contributed by atoms with Crippen molar-refractivity contribution in [1.82, 2.24) is 0 Å². The largest absolute Gasteiger partial charge is 0.295 e. The van der Waals surface area contributed by atoms with Gasteiger partial charge in [0.1, 0.15) is 0 Å². The van der Waals surface area contributed by atoms with Crippen molar-refractivity contribution in [3.8, 4) is 0 Å². The minimum atomic E-state index is 0.412. The second kappa shape index (κ2) is 7.67. The molecule has 1 aliphatic carbocycles. The first-order valence-electron chi connectivity index (χ1n) is 6.57. The van der Waals surface area contributed by atoms with Crippen LogP contribution < -0.4 is 0 Å². The average molecular weight is 208 g/mol. The first kappa shape index (κ1) is 12.5. The fourth-order valence-electron chi connectivity index (χ4n) is 2.14. The van der Waals surface area contributed by atoms with Crippen LogP contribution in [-0.4, -0.2) is 5.78 Å². The molecule has 0 atom stereocenters. The predicted octanol–water partition coefficient (Wildman–Crippen LogP) is 4.42. The summed E-state index contributed by atoms with van der Waals surface area (Å²) in [5.41, 5.74) is 1.12. The molecule has 0 radical (unpaired) electrons. The highest BCUT2D eigenvalue weighted by atomic mass is 16.1. The highest BCUT2D eigenvalue weighted by molar-refractivity contribution is 5.95. The van der Waals surface area contributed by atoms with Crippen molar-refractivity contribution < 1.29 is 4.79 Å². The molecule has 0 heterocycles. The molecule has 0 aromatic carbocycles. The Balaban J connectivity index is 2.11. The van der Waals surface area contributed by atoms with Crippen LogP contribution in [0.3, 0.4) is 0 Å². The fraction of sp³-hybridized carbons (Fsp3) is 0.786. The van der Waals surface area contributed by atoms with Crippen LogP contribution in [0.5, 0.6) is 0 Å². The topological polar surface area (TPSA) is 17.1 Å². The second-order valence-electron chi connectivity index (χ2n) is 4.56. The van der Waals surface area contributed by atoms with E-state index in [1.54, 1.807) is 0 Å². The van der Waals surface area contributed by atoms with Gasteiger partial charge in [-0.25, -0.2) is 0 Å². The molecule has 0 N–H and O–H groups in total. The number of hydrogen-bond donors (Lipinski definition) is 0. The Morgan fingerprint density at radius 1 is 1.07 bits per heavy atom. The van der Waals surface area contributed by atoms with Crippen molar-refractivity contribution in [1.29, 1.82) is 0 Å². The van der Waals surface area contributed by atoms with Gasteiger partial charge in [0, 0.05) is 6.42 Å². The van der Waals surface area contributed by atoms with Crippen molar-refractivity contribution in [2.45, 2.75) is 71.1 Å². The highest BCUT2D eigenvalue weighted by Crippen LogP contribution is 2.20. The summed E-state index contributed by atoms with van der Waals surface area (Å²) in [6.45, 7) is 2.24. The maximum Gasteiger partial charge on any atom is 0.158 e. The molecule has 86 valence electrons. The van der Waals surface area contributed by atoms with Crippen molar-refractivity contribution in [3.05, 3.63) is 11.6 Å². The number of rotatable bonds is 6. The standard InChI is InChI=1S/C14H24O/c1-2-3-4-5-6-7-10-13-11-8-9-12-14(13)15/h10H,2-9,11-12H2,1H3. The van der Waals surface area contributed by atoms with Crippen LogP contribution in [0.15, 0.2) is 11.6 Å². The molecule has 0 aliphatic heterocycles. The minimum absolute atomic E-state index is 0.412. The zero-order chi connectivity index (χ0) is 10.9. The van der Waals surface area contributed by atoms with Crippen molar-refractivity contribution >= 4 is 5.78 Å². The number of Topliss-reactive ketones (excluding diaryl/α,β-unsaturated/α-hetero) is 1. The predicted molar refractivity (Wildman–Crippen MR) is 64.9 cm³/mol. The smallest absolute Gasteiger partial charge is 0.158 e. The molecule has 0 aromatic heterocycles. The Morgan fingerprint density at radius 3 is 2.53 bits per heavy atom. The molecular formula is C14H24O. The molecule has 1 heteroatoms. The fourth-order valence-corrected chi connectivity index (χ4v) is 2.14. The molecule has 1 aliphatic rings. The molecule has 0 aromatic rings. The summed E-state index contributed by atoms with van der Waals surface area (Å²) in [7, 11) is 0. The summed E-state index contributed by atoms with van der Waals surface area (Å²) in [5, 5.41) is 0. The van der Waals surface area contributed by atoms with Crippen LogP contribution >= 0.6 is 0 Å². The van der Waals surface area contributed by atoms with E-state index in [2.05, 4.69) is 13.0 Å². The van der Waals surface area contributed by atoms with Gasteiger partial charge in [0.25, 0.3) is 0 Å². The summed E-state index contributed by atoms with van der Waals surface area (Å²) < 4.78 is 0. The summed E-state index contributed by atoms with van der Waals surface area (Å²) in [6.07, 6.45) is 14.1. The van der Waals surface area contributed by atoms with Crippen LogP contribution in [-0.2, 0) is 4.79 Å². The lowest BCUT2D eigenvalue weighted by Crippen LogP contribution is -2.08. The van der Waals surface area contributed by atoms with E-state index in [0.29, 0.717) is 5.78 Å². The maximum atomic E-state index is 11.5. The second-order valence-corrected chi connectivity index (χ2v) is 4.56. The van der Waals surface area contributed by atoms with E-state index in [9.17, 15) is 4.79 Å². The van der Waals surface area contributed by atoms with Crippen LogP contribution in [0.25, 0.3) is 0 Å². The van der Waals surface area contributed by atoms with Gasteiger partial charge in [-0.15, -0.1) is 0 Å². The molecule has 0 saturated heterocycles. The molecule has 15 heavy (non-hydrogen) atoms. The molecule has 0 amide bonds. The van der Waals surface area contributed by atoms with Gasteiger partial charge in [-0.1, -0.05) is 38.7 Å². The molecule has 0 unspecified atom stereocenters. The van der Waals surface area contributed by atoms with E-state index in [0.717, 1.165) is 31.3 Å². The van der Waals surface area contributed by atoms with E-state index in [-0.39, 0.29) is 0 Å². The van der Waals surface area contributed by atoms with Crippen molar-refractivity contribution in [3.63, 3.8) is 0 Å². The van der Waals surface area contributed by atoms with E-state index in [4.69, 9.17) is 0 Å². The SMILES string of the molecule is CCCCCCCC=C1CCCCC1=O. The highest BCUT2D eigenvalue weighted by Gasteiger charge is 2.13. The number of carbonyl (C=O) groups is 1. The van der Waals surface area contributed by atoms with Gasteiger partial charge in [0.2, 0.25) is 0 Å². The Kier molecular flexibility index (Phi) is 6.38. The zero-order valence-corrected chi connectivity index (χ0v) is 10.1. The first-order valence-corrected chi connectivity index (χ1v) is 6.57. The normalized spacial score (nSPS) is 19.8. The van der Waals surface area contributed by atoms with Crippen LogP contribution in [0.1, 0.15) is 71.1 Å². The quantitative estimate of drug-likeness (QED) is 0.466. The van der Waals surface area contributed by atoms with Gasteiger partial charge in [-0.05, 0) is 37.7 Å². The summed E-state index contributed by atoms with van der Waals surface area (Å²) in [6, 6.07) is 0. The maximum absolute atomic E-state index is 11.5. The Morgan fingerprint density at radius 2 is 1.80 bits per heavy atom. The van der Waals surface area contributed by atoms with Gasteiger partial charge in [-0.3, -0.25) is 4.79 Å². The minimum Gasteiger partial charge on any atom is -0.295 e. The van der Waals surface area contributed by atoms with E-state index < -0.39 is 0 Å². The molecule has 1 rings (SSSR count). The number of ketones is 1. The van der Waals surface area contributed by atoms with E-state index in [1.165, 1.54) is 38.5 Å². The lowest BCUT2D eigenvalue weighted by atomic mass is 9.92. The number of hydrogen-bond acceptors (Lipinski definition) is 1. The monoisotopic (exact) mass is 208 g/mol. The first-order chi connectivity index (χ1) is 7.34. The third-order valence-electron chi connectivity index (χ3n) is 3.16. The van der Waals surface area contributed by atoms with Gasteiger partial charge < -0.3 is 0 Å². The number of unbranched alkanes of at least 4 members (excludes halogenated alkanes) is 5. The Bertz CT molecular complexity index is 215. The molecule has 0 bridgehead atoms. The van der Waals surface area contributed by atoms with Crippen LogP contribution in [0, 0.1) is 0 Å². The van der Waals surface area contributed by atoms with E-state index >= 15 is 0 Å². The van der Waals surface area contributed by atoms with Crippen LogP contribution in [0.4, 0.5) is 0 Å². The number of allylic oxidation sites excluding steroid dienone is 2. The summed E-state index contributed by atoms with van der Waals surface area (Å²) in [4.78, 5) is 11.5. The van der Waals surface area contributed by atoms with E-state index in [1.807, 2.05) is 0 Å². The summed E-state index contributed by atoms with van der Waals surface area (Å²) >= 11 is 0. The summed E-state index contributed by atoms with van der Waals surface area (Å²) in [5.74, 6) is 0.412. The van der Waals surface area contributed by atoms with Gasteiger partial charge in [-0.2, -0.15) is 0 Å². The molecule has 0 spiro atoms. The van der Waals surface area contributed by atoms with Crippen molar-refractivity contribution in [2.75, 3.05) is 0 Å². The van der Waals surface area contributed by atoms with Crippen molar-refractivity contribution in [2.24, 2.45) is 0 Å².